The lowest BCUT2D eigenvalue weighted by molar-refractivity contribution is -0.142. The molecule has 10 nitrogen and oxygen atoms in total. The number of piperidine rings is 1. The summed E-state index contributed by atoms with van der Waals surface area (Å²) >= 11 is 0. The van der Waals surface area contributed by atoms with Crippen molar-refractivity contribution in [2.24, 2.45) is 5.92 Å². The van der Waals surface area contributed by atoms with Crippen LogP contribution >= 0.6 is 0 Å². The molecule has 0 spiro atoms. The summed E-state index contributed by atoms with van der Waals surface area (Å²) in [5.74, 6) is -0.00602. The average molecular weight is 514 g/mol. The molecule has 1 saturated carbocycles. The maximum Gasteiger partial charge on any atom is 0.240 e. The number of pyridine rings is 1. The highest BCUT2D eigenvalue weighted by Crippen LogP contribution is 2.29. The quantitative estimate of drug-likeness (QED) is 0.325. The number of fused-ring (bicyclic) bond motifs is 1. The van der Waals surface area contributed by atoms with Crippen molar-refractivity contribution in [2.75, 3.05) is 31.5 Å². The van der Waals surface area contributed by atoms with Gasteiger partial charge in [-0.2, -0.15) is 0 Å². The highest BCUT2D eigenvalue weighted by Gasteiger charge is 2.43. The van der Waals surface area contributed by atoms with E-state index in [0.717, 1.165) is 63.0 Å². The number of aliphatic hydroxyl groups is 1. The molecule has 1 atom stereocenters. The number of aryl methyl sites for hydroxylation is 2. The molecule has 10 heteroatoms. The van der Waals surface area contributed by atoms with Crippen LogP contribution in [0.3, 0.4) is 0 Å². The Morgan fingerprint density at radius 1 is 1.19 bits per heavy atom. The molecule has 1 aliphatic carbocycles. The van der Waals surface area contributed by atoms with Crippen LogP contribution in [0.4, 0.5) is 5.82 Å². The number of hydrogen-bond donors (Lipinski definition) is 4. The summed E-state index contributed by atoms with van der Waals surface area (Å²) in [7, 11) is 0. The lowest BCUT2D eigenvalue weighted by Gasteiger charge is -2.42. The third-order valence-electron chi connectivity index (χ3n) is 7.63. The minimum Gasteiger partial charge on any atom is -0.387 e. The van der Waals surface area contributed by atoms with E-state index in [9.17, 15) is 24.3 Å². The van der Waals surface area contributed by atoms with Crippen molar-refractivity contribution < 1.29 is 24.3 Å². The molecule has 3 amide bonds. The second kappa shape index (κ2) is 12.0. The van der Waals surface area contributed by atoms with Gasteiger partial charge in [0.05, 0.1) is 12.1 Å². The molecule has 202 valence electrons. The molecule has 2 aliphatic heterocycles. The summed E-state index contributed by atoms with van der Waals surface area (Å²) in [6, 6.07) is 3.14. The van der Waals surface area contributed by atoms with E-state index in [1.54, 1.807) is 4.90 Å². The van der Waals surface area contributed by atoms with E-state index in [-0.39, 0.29) is 42.9 Å². The van der Waals surface area contributed by atoms with Crippen molar-refractivity contribution >= 4 is 29.3 Å². The number of nitrogens with one attached hydrogen (secondary N) is 3. The summed E-state index contributed by atoms with van der Waals surface area (Å²) < 4.78 is 0. The highest BCUT2D eigenvalue weighted by atomic mass is 16.3. The van der Waals surface area contributed by atoms with Crippen molar-refractivity contribution in [3.63, 3.8) is 0 Å². The van der Waals surface area contributed by atoms with Crippen LogP contribution in [0.15, 0.2) is 12.1 Å². The molecular weight excluding hydrogens is 474 g/mol. The molecule has 3 aliphatic rings. The normalized spacial score (nSPS) is 19.2. The molecule has 1 saturated heterocycles. The average Bonchev–Trinajstić information content (AvgIpc) is 3.74. The molecule has 0 radical (unpaired) electrons. The number of likely N-dealkylation sites (tertiary alicyclic amines) is 1. The second-order valence-electron chi connectivity index (χ2n) is 10.6. The van der Waals surface area contributed by atoms with Gasteiger partial charge in [-0.05, 0) is 76.3 Å². The number of Topliss-reactive ketones (excluding diaryl/α,β-unsaturated/α-hetero) is 1. The fraction of sp³-hybridized carbons (Fsp3) is 0.667. The summed E-state index contributed by atoms with van der Waals surface area (Å²) in [6.07, 6.45) is 7.13. The van der Waals surface area contributed by atoms with Gasteiger partial charge in [-0.15, -0.1) is 0 Å². The van der Waals surface area contributed by atoms with E-state index in [1.807, 2.05) is 0 Å². The summed E-state index contributed by atoms with van der Waals surface area (Å²) in [5, 5.41) is 19.7. The van der Waals surface area contributed by atoms with Crippen LogP contribution < -0.4 is 16.0 Å². The van der Waals surface area contributed by atoms with Gasteiger partial charge in [-0.3, -0.25) is 19.2 Å². The van der Waals surface area contributed by atoms with Crippen LogP contribution in [-0.4, -0.2) is 76.3 Å². The van der Waals surface area contributed by atoms with Crippen LogP contribution in [0.1, 0.15) is 69.5 Å². The van der Waals surface area contributed by atoms with Crippen molar-refractivity contribution in [2.45, 2.75) is 82.8 Å². The number of carbonyl (C=O) groups is 4. The molecule has 2 fully saturated rings. The fourth-order valence-corrected chi connectivity index (χ4v) is 5.16. The molecule has 1 aromatic rings. The predicted octanol–water partition coefficient (Wildman–Crippen LogP) is 1.11. The minimum atomic E-state index is -1.43. The maximum absolute atomic E-state index is 12.7. The Bertz CT molecular complexity index is 1020. The maximum atomic E-state index is 12.7. The van der Waals surface area contributed by atoms with E-state index in [1.165, 1.54) is 12.5 Å². The first kappa shape index (κ1) is 27.0. The Balaban J connectivity index is 1.18. The Hall–Kier alpha value is -3.01. The first-order chi connectivity index (χ1) is 17.7. The van der Waals surface area contributed by atoms with Gasteiger partial charge in [-0.25, -0.2) is 4.98 Å². The fourth-order valence-electron chi connectivity index (χ4n) is 5.16. The van der Waals surface area contributed by atoms with Gasteiger partial charge < -0.3 is 26.0 Å². The minimum absolute atomic E-state index is 0.0139. The van der Waals surface area contributed by atoms with Gasteiger partial charge in [-0.1, -0.05) is 6.07 Å². The topological polar surface area (TPSA) is 141 Å². The van der Waals surface area contributed by atoms with Crippen LogP contribution in [-0.2, 0) is 32.0 Å². The predicted molar refractivity (Wildman–Crippen MR) is 138 cm³/mol. The van der Waals surface area contributed by atoms with E-state index in [4.69, 9.17) is 4.98 Å². The monoisotopic (exact) mass is 513 g/mol. The Labute approximate surface area is 218 Å². The van der Waals surface area contributed by atoms with Gasteiger partial charge >= 0.3 is 0 Å². The van der Waals surface area contributed by atoms with Crippen LogP contribution in [0.5, 0.6) is 0 Å². The second-order valence-corrected chi connectivity index (χ2v) is 10.6. The van der Waals surface area contributed by atoms with Crippen molar-refractivity contribution in [1.29, 1.82) is 0 Å². The molecule has 0 aromatic carbocycles. The number of anilines is 1. The molecule has 0 bridgehead atoms. The Morgan fingerprint density at radius 3 is 2.65 bits per heavy atom. The van der Waals surface area contributed by atoms with Crippen molar-refractivity contribution in [1.82, 2.24) is 20.5 Å². The molecule has 1 unspecified atom stereocenters. The molecule has 4 rings (SSSR count). The number of unbranched alkanes of at least 4 members (excludes halogenated alkanes) is 1. The van der Waals surface area contributed by atoms with Gasteiger partial charge in [0.15, 0.2) is 5.78 Å². The van der Waals surface area contributed by atoms with Crippen LogP contribution in [0, 0.1) is 5.92 Å². The smallest absolute Gasteiger partial charge is 0.240 e. The highest BCUT2D eigenvalue weighted by molar-refractivity contribution is 5.91. The molecule has 1 aromatic heterocycles. The third kappa shape index (κ3) is 7.28. The third-order valence-corrected chi connectivity index (χ3v) is 7.63. The lowest BCUT2D eigenvalue weighted by atomic mass is 9.82. The van der Waals surface area contributed by atoms with Gasteiger partial charge in [0.1, 0.15) is 11.9 Å². The number of rotatable bonds is 11. The van der Waals surface area contributed by atoms with E-state index in [2.05, 4.69) is 28.1 Å². The number of hydrogen-bond acceptors (Lipinski definition) is 7. The molecule has 3 heterocycles. The largest absolute Gasteiger partial charge is 0.387 e. The van der Waals surface area contributed by atoms with Crippen LogP contribution in [0.25, 0.3) is 0 Å². The molecule has 4 N–H and O–H groups in total. The number of carbonyl (C=O) groups excluding carboxylic acids is 4. The SMILES string of the molecule is CC(=O)C(NC(=O)CNC(=O)C1CC1)C1(O)CCN(C(=O)CCCCc2ccc3c(n2)NCCC3)CC1. The van der Waals surface area contributed by atoms with Crippen LogP contribution in [0.2, 0.25) is 0 Å². The van der Waals surface area contributed by atoms with E-state index >= 15 is 0 Å². The van der Waals surface area contributed by atoms with E-state index in [0.29, 0.717) is 19.5 Å². The van der Waals surface area contributed by atoms with Gasteiger partial charge in [0.25, 0.3) is 0 Å². The molecule has 37 heavy (non-hydrogen) atoms. The number of ketones is 1. The Morgan fingerprint density at radius 2 is 1.95 bits per heavy atom. The lowest BCUT2D eigenvalue weighted by Crippen LogP contribution is -2.61. The van der Waals surface area contributed by atoms with Crippen molar-refractivity contribution in [3.8, 4) is 0 Å². The van der Waals surface area contributed by atoms with E-state index < -0.39 is 17.6 Å². The Kier molecular flexibility index (Phi) is 8.79. The van der Waals surface area contributed by atoms with Crippen molar-refractivity contribution in [3.05, 3.63) is 23.4 Å². The number of nitrogens with zero attached hydrogens (tertiary/aromatic N) is 2. The first-order valence-corrected chi connectivity index (χ1v) is 13.6. The number of aromatic nitrogens is 1. The zero-order valence-corrected chi connectivity index (χ0v) is 21.7. The zero-order valence-electron chi connectivity index (χ0n) is 21.7. The molecular formula is C27H39N5O5. The zero-order chi connectivity index (χ0) is 26.4. The standard InChI is InChI=1S/C27H39N5O5/c1-18(33)24(31-22(34)17-29-26(36)20-8-9-20)27(37)12-15-32(16-13-27)23(35)7-3-2-6-21-11-10-19-5-4-14-28-25(19)30-21/h10-11,20,24,37H,2-9,12-17H2,1H3,(H,28,30)(H,29,36)(H,31,34). The summed E-state index contributed by atoms with van der Waals surface area (Å²) in [5.41, 5.74) is 0.875. The first-order valence-electron chi connectivity index (χ1n) is 13.6. The van der Waals surface area contributed by atoms with Gasteiger partial charge in [0, 0.05) is 37.7 Å². The number of amides is 3. The summed E-state index contributed by atoms with van der Waals surface area (Å²) in [6.45, 7) is 2.71. The van der Waals surface area contributed by atoms with Gasteiger partial charge in [0.2, 0.25) is 17.7 Å². The summed E-state index contributed by atoms with van der Waals surface area (Å²) in [4.78, 5) is 55.5.